The average Bonchev–Trinajstić information content (AvgIpc) is 2.72. The van der Waals surface area contributed by atoms with Gasteiger partial charge in [-0.05, 0) is 35.9 Å². The maximum atomic E-state index is 12.6. The Morgan fingerprint density at radius 1 is 1.14 bits per heavy atom. The minimum Gasteiger partial charge on any atom is -0.484 e. The van der Waals surface area contributed by atoms with E-state index in [1.54, 1.807) is 36.4 Å². The van der Waals surface area contributed by atoms with Gasteiger partial charge in [-0.15, -0.1) is 0 Å². The molecule has 0 unspecified atom stereocenters. The highest BCUT2D eigenvalue weighted by atomic mass is 79.9. The van der Waals surface area contributed by atoms with Crippen LogP contribution in [0.2, 0.25) is 0 Å². The molecule has 1 heterocycles. The lowest BCUT2D eigenvalue weighted by molar-refractivity contribution is -0.123. The van der Waals surface area contributed by atoms with Crippen LogP contribution in [0.4, 0.5) is 0 Å². The molecule has 1 saturated heterocycles. The minimum absolute atomic E-state index is 0.0973. The van der Waals surface area contributed by atoms with Crippen molar-refractivity contribution < 1.29 is 22.7 Å². The normalized spacial score (nSPS) is 15.2. The lowest BCUT2D eigenvalue weighted by Gasteiger charge is -2.26. The average molecular weight is 469 g/mol. The predicted molar refractivity (Wildman–Crippen MR) is 108 cm³/mol. The number of nitrogens with one attached hydrogen (secondary N) is 1. The molecule has 7 nitrogen and oxygen atoms in total. The van der Waals surface area contributed by atoms with E-state index in [0.717, 1.165) is 10.0 Å². The molecule has 1 N–H and O–H groups in total. The third-order valence-electron chi connectivity index (χ3n) is 4.19. The maximum absolute atomic E-state index is 12.6. The Morgan fingerprint density at radius 2 is 1.86 bits per heavy atom. The highest BCUT2D eigenvalue weighted by molar-refractivity contribution is 9.10. The summed E-state index contributed by atoms with van der Waals surface area (Å²) in [5.74, 6) is 0.340. The SMILES string of the molecule is O=C(COc1cccc(Br)c1)NCc1ccc(S(=O)(=O)N2CCOCC2)cc1. The highest BCUT2D eigenvalue weighted by Gasteiger charge is 2.26. The zero-order valence-corrected chi connectivity index (χ0v) is 17.5. The fraction of sp³-hybridized carbons (Fsp3) is 0.316. The standard InChI is InChI=1S/C19H21BrN2O5S/c20-16-2-1-3-17(12-16)27-14-19(23)21-13-15-4-6-18(7-5-15)28(24,25)22-8-10-26-11-9-22/h1-7,12H,8-11,13-14H2,(H,21,23). The van der Waals surface area contributed by atoms with Gasteiger partial charge < -0.3 is 14.8 Å². The molecule has 150 valence electrons. The van der Waals surface area contributed by atoms with Crippen molar-refractivity contribution in [1.29, 1.82) is 0 Å². The van der Waals surface area contributed by atoms with Crippen molar-refractivity contribution in [2.45, 2.75) is 11.4 Å². The number of sulfonamides is 1. The summed E-state index contributed by atoms with van der Waals surface area (Å²) in [6.45, 7) is 1.73. The zero-order valence-electron chi connectivity index (χ0n) is 15.1. The molecule has 0 spiro atoms. The quantitative estimate of drug-likeness (QED) is 0.672. The van der Waals surface area contributed by atoms with E-state index in [2.05, 4.69) is 21.2 Å². The summed E-state index contributed by atoms with van der Waals surface area (Å²) >= 11 is 3.34. The number of morpholine rings is 1. The highest BCUT2D eigenvalue weighted by Crippen LogP contribution is 2.18. The van der Waals surface area contributed by atoms with Crippen LogP contribution in [0.15, 0.2) is 57.9 Å². The summed E-state index contributed by atoms with van der Waals surface area (Å²) in [4.78, 5) is 12.2. The first kappa shape index (κ1) is 20.8. The number of hydrogen-bond acceptors (Lipinski definition) is 5. The van der Waals surface area contributed by atoms with Gasteiger partial charge in [0.25, 0.3) is 5.91 Å². The molecule has 0 aliphatic carbocycles. The monoisotopic (exact) mass is 468 g/mol. The third-order valence-corrected chi connectivity index (χ3v) is 6.59. The lowest BCUT2D eigenvalue weighted by atomic mass is 10.2. The molecule has 1 amide bonds. The Bertz CT molecular complexity index is 912. The van der Waals surface area contributed by atoms with Gasteiger partial charge in [-0.2, -0.15) is 4.31 Å². The molecule has 0 bridgehead atoms. The second-order valence-electron chi connectivity index (χ2n) is 6.18. The number of halogens is 1. The van der Waals surface area contributed by atoms with Crippen LogP contribution in [0.1, 0.15) is 5.56 Å². The van der Waals surface area contributed by atoms with Crippen LogP contribution in [0.3, 0.4) is 0 Å². The Kier molecular flexibility index (Phi) is 7.06. The lowest BCUT2D eigenvalue weighted by Crippen LogP contribution is -2.40. The molecule has 28 heavy (non-hydrogen) atoms. The summed E-state index contributed by atoms with van der Waals surface area (Å²) in [6.07, 6.45) is 0. The van der Waals surface area contributed by atoms with Gasteiger partial charge in [-0.3, -0.25) is 4.79 Å². The molecule has 0 aromatic heterocycles. The van der Waals surface area contributed by atoms with Crippen molar-refractivity contribution in [3.63, 3.8) is 0 Å². The Hall–Kier alpha value is -1.94. The van der Waals surface area contributed by atoms with Gasteiger partial charge in [-0.25, -0.2) is 8.42 Å². The molecule has 3 rings (SSSR count). The van der Waals surface area contributed by atoms with E-state index in [1.165, 1.54) is 4.31 Å². The number of rotatable bonds is 7. The summed E-state index contributed by atoms with van der Waals surface area (Å²) in [5, 5.41) is 2.75. The fourth-order valence-corrected chi connectivity index (χ4v) is 4.46. The van der Waals surface area contributed by atoms with E-state index in [9.17, 15) is 13.2 Å². The Morgan fingerprint density at radius 3 is 2.54 bits per heavy atom. The van der Waals surface area contributed by atoms with E-state index in [1.807, 2.05) is 12.1 Å². The number of ether oxygens (including phenoxy) is 2. The smallest absolute Gasteiger partial charge is 0.258 e. The molecule has 1 aliphatic heterocycles. The molecule has 2 aromatic rings. The summed E-state index contributed by atoms with van der Waals surface area (Å²) in [5.41, 5.74) is 0.803. The summed E-state index contributed by atoms with van der Waals surface area (Å²) in [7, 11) is -3.51. The Balaban J connectivity index is 1.50. The van der Waals surface area contributed by atoms with Crippen LogP contribution in [0.5, 0.6) is 5.75 Å². The number of benzene rings is 2. The summed E-state index contributed by atoms with van der Waals surface area (Å²) in [6, 6.07) is 13.8. The second-order valence-corrected chi connectivity index (χ2v) is 9.04. The number of carbonyl (C=O) groups excluding carboxylic acids is 1. The van der Waals surface area contributed by atoms with Gasteiger partial charge in [0.05, 0.1) is 18.1 Å². The van der Waals surface area contributed by atoms with E-state index in [0.29, 0.717) is 38.6 Å². The van der Waals surface area contributed by atoms with Crippen molar-refractivity contribution in [2.24, 2.45) is 0 Å². The van der Waals surface area contributed by atoms with Crippen LogP contribution >= 0.6 is 15.9 Å². The van der Waals surface area contributed by atoms with Gasteiger partial charge >= 0.3 is 0 Å². The third kappa shape index (κ3) is 5.54. The molecule has 0 radical (unpaired) electrons. The second kappa shape index (κ2) is 9.51. The van der Waals surface area contributed by atoms with Gasteiger partial charge in [0.1, 0.15) is 5.75 Å². The molecule has 2 aromatic carbocycles. The van der Waals surface area contributed by atoms with E-state index >= 15 is 0 Å². The van der Waals surface area contributed by atoms with Gasteiger partial charge in [-0.1, -0.05) is 34.1 Å². The van der Waals surface area contributed by atoms with Gasteiger partial charge in [0.2, 0.25) is 10.0 Å². The van der Waals surface area contributed by atoms with E-state index < -0.39 is 10.0 Å². The van der Waals surface area contributed by atoms with E-state index in [-0.39, 0.29) is 17.4 Å². The number of hydrogen-bond donors (Lipinski definition) is 1. The fourth-order valence-electron chi connectivity index (χ4n) is 2.67. The molecule has 9 heteroatoms. The van der Waals surface area contributed by atoms with Crippen molar-refractivity contribution >= 4 is 31.9 Å². The molecule has 1 aliphatic rings. The molecular weight excluding hydrogens is 448 g/mol. The Labute approximate surface area is 172 Å². The molecule has 0 saturated carbocycles. The van der Waals surface area contributed by atoms with Crippen molar-refractivity contribution in [3.05, 3.63) is 58.6 Å². The van der Waals surface area contributed by atoms with Crippen molar-refractivity contribution in [3.8, 4) is 5.75 Å². The number of amides is 1. The van der Waals surface area contributed by atoms with Crippen LogP contribution < -0.4 is 10.1 Å². The van der Waals surface area contributed by atoms with Crippen molar-refractivity contribution in [2.75, 3.05) is 32.9 Å². The van der Waals surface area contributed by atoms with Crippen molar-refractivity contribution in [1.82, 2.24) is 9.62 Å². The molecular formula is C19H21BrN2O5S. The molecule has 0 atom stereocenters. The largest absolute Gasteiger partial charge is 0.484 e. The number of carbonyl (C=O) groups is 1. The minimum atomic E-state index is -3.51. The topological polar surface area (TPSA) is 84.9 Å². The number of nitrogens with zero attached hydrogens (tertiary/aromatic N) is 1. The van der Waals surface area contributed by atoms with E-state index in [4.69, 9.17) is 9.47 Å². The maximum Gasteiger partial charge on any atom is 0.258 e. The summed E-state index contributed by atoms with van der Waals surface area (Å²) < 4.78 is 38.1. The van der Waals surface area contributed by atoms with Gasteiger partial charge in [0, 0.05) is 24.1 Å². The first-order valence-corrected chi connectivity index (χ1v) is 11.0. The van der Waals surface area contributed by atoms with Crippen LogP contribution in [0.25, 0.3) is 0 Å². The first-order chi connectivity index (χ1) is 13.4. The van der Waals surface area contributed by atoms with Crippen LogP contribution in [0, 0.1) is 0 Å². The predicted octanol–water partition coefficient (Wildman–Crippen LogP) is 2.17. The zero-order chi connectivity index (χ0) is 20.0. The first-order valence-electron chi connectivity index (χ1n) is 8.77. The van der Waals surface area contributed by atoms with Crippen LogP contribution in [-0.4, -0.2) is 51.5 Å². The molecule has 1 fully saturated rings. The van der Waals surface area contributed by atoms with Crippen LogP contribution in [-0.2, 0) is 26.1 Å². The van der Waals surface area contributed by atoms with Gasteiger partial charge in [0.15, 0.2) is 6.61 Å².